The van der Waals surface area contributed by atoms with E-state index in [4.69, 9.17) is 5.73 Å². The van der Waals surface area contributed by atoms with Crippen molar-refractivity contribution in [3.63, 3.8) is 0 Å². The second-order valence-electron chi connectivity index (χ2n) is 2.52. The van der Waals surface area contributed by atoms with Gasteiger partial charge in [-0.2, -0.15) is 0 Å². The van der Waals surface area contributed by atoms with Crippen LogP contribution in [0.15, 0.2) is 24.8 Å². The Morgan fingerprint density at radius 2 is 2.08 bits per heavy atom. The minimum atomic E-state index is -0.506. The van der Waals surface area contributed by atoms with Crippen LogP contribution in [0.25, 0.3) is 11.0 Å². The standard InChI is InChI=1S/C8H6N4O/c9-8(13)5-1-6-7(11-2-5)3-10-4-12-6/h1-4H,(H2,9,13). The fourth-order valence-corrected chi connectivity index (χ4v) is 1.00. The van der Waals surface area contributed by atoms with E-state index in [0.717, 1.165) is 0 Å². The SMILES string of the molecule is NC(=O)c1cnc2cncnc2c1. The quantitative estimate of drug-likeness (QED) is 0.665. The normalized spacial score (nSPS) is 10.2. The minimum absolute atomic E-state index is 0.353. The summed E-state index contributed by atoms with van der Waals surface area (Å²) in [5, 5.41) is 0. The smallest absolute Gasteiger partial charge is 0.250 e. The first-order valence-corrected chi connectivity index (χ1v) is 3.63. The third-order valence-electron chi connectivity index (χ3n) is 1.64. The number of hydrogen-bond donors (Lipinski definition) is 1. The lowest BCUT2D eigenvalue weighted by atomic mass is 10.2. The molecule has 1 amide bonds. The number of amides is 1. The first-order chi connectivity index (χ1) is 6.27. The Bertz CT molecular complexity index is 468. The predicted molar refractivity (Wildman–Crippen MR) is 45.9 cm³/mol. The molecule has 0 spiro atoms. The summed E-state index contributed by atoms with van der Waals surface area (Å²) in [7, 11) is 0. The molecule has 0 atom stereocenters. The van der Waals surface area contributed by atoms with Crippen molar-refractivity contribution in [2.75, 3.05) is 0 Å². The molecular weight excluding hydrogens is 168 g/mol. The van der Waals surface area contributed by atoms with Crippen molar-refractivity contribution in [1.29, 1.82) is 0 Å². The summed E-state index contributed by atoms with van der Waals surface area (Å²) in [5.41, 5.74) is 6.70. The van der Waals surface area contributed by atoms with Crippen molar-refractivity contribution in [2.45, 2.75) is 0 Å². The van der Waals surface area contributed by atoms with Gasteiger partial charge in [0.15, 0.2) is 0 Å². The summed E-state index contributed by atoms with van der Waals surface area (Å²) in [6, 6.07) is 1.59. The van der Waals surface area contributed by atoms with E-state index in [9.17, 15) is 4.79 Å². The molecule has 5 heteroatoms. The lowest BCUT2D eigenvalue weighted by Gasteiger charge is -1.96. The van der Waals surface area contributed by atoms with Crippen molar-refractivity contribution in [3.8, 4) is 0 Å². The summed E-state index contributed by atoms with van der Waals surface area (Å²) in [6.07, 6.45) is 4.38. The van der Waals surface area contributed by atoms with Crippen LogP contribution in [0.4, 0.5) is 0 Å². The van der Waals surface area contributed by atoms with Gasteiger partial charge in [-0.15, -0.1) is 0 Å². The molecule has 2 rings (SSSR count). The zero-order valence-corrected chi connectivity index (χ0v) is 6.64. The van der Waals surface area contributed by atoms with Gasteiger partial charge in [0.1, 0.15) is 11.8 Å². The number of pyridine rings is 1. The Kier molecular flexibility index (Phi) is 1.63. The summed E-state index contributed by atoms with van der Waals surface area (Å²) in [6.45, 7) is 0. The van der Waals surface area contributed by atoms with E-state index in [0.29, 0.717) is 16.6 Å². The van der Waals surface area contributed by atoms with Crippen LogP contribution < -0.4 is 5.73 Å². The molecule has 0 aliphatic heterocycles. The molecule has 0 fully saturated rings. The van der Waals surface area contributed by atoms with Crippen molar-refractivity contribution in [2.24, 2.45) is 5.73 Å². The number of carbonyl (C=O) groups excluding carboxylic acids is 1. The van der Waals surface area contributed by atoms with Crippen LogP contribution in [-0.2, 0) is 0 Å². The molecule has 2 aromatic heterocycles. The third kappa shape index (κ3) is 1.31. The number of aromatic nitrogens is 3. The van der Waals surface area contributed by atoms with Gasteiger partial charge in [0.05, 0.1) is 17.3 Å². The van der Waals surface area contributed by atoms with Crippen molar-refractivity contribution in [1.82, 2.24) is 15.0 Å². The highest BCUT2D eigenvalue weighted by molar-refractivity contribution is 5.95. The number of nitrogens with zero attached hydrogens (tertiary/aromatic N) is 3. The van der Waals surface area contributed by atoms with Gasteiger partial charge in [-0.1, -0.05) is 0 Å². The lowest BCUT2D eigenvalue weighted by Crippen LogP contribution is -2.11. The number of carbonyl (C=O) groups is 1. The highest BCUT2D eigenvalue weighted by Crippen LogP contribution is 2.07. The summed E-state index contributed by atoms with van der Waals surface area (Å²) in [4.78, 5) is 22.5. The van der Waals surface area contributed by atoms with Crippen molar-refractivity contribution >= 4 is 16.9 Å². The molecule has 13 heavy (non-hydrogen) atoms. The van der Waals surface area contributed by atoms with Crippen molar-refractivity contribution in [3.05, 3.63) is 30.4 Å². The van der Waals surface area contributed by atoms with Gasteiger partial charge in [0, 0.05) is 6.20 Å². The summed E-state index contributed by atoms with van der Waals surface area (Å²) < 4.78 is 0. The third-order valence-corrected chi connectivity index (χ3v) is 1.64. The largest absolute Gasteiger partial charge is 0.366 e. The van der Waals surface area contributed by atoms with Gasteiger partial charge >= 0.3 is 0 Å². The van der Waals surface area contributed by atoms with E-state index in [1.807, 2.05) is 0 Å². The fourth-order valence-electron chi connectivity index (χ4n) is 1.00. The van der Waals surface area contributed by atoms with Gasteiger partial charge in [-0.05, 0) is 6.07 Å². The van der Waals surface area contributed by atoms with E-state index in [-0.39, 0.29) is 0 Å². The van der Waals surface area contributed by atoms with E-state index in [1.165, 1.54) is 12.5 Å². The van der Waals surface area contributed by atoms with Crippen LogP contribution in [0.1, 0.15) is 10.4 Å². The van der Waals surface area contributed by atoms with Gasteiger partial charge in [0.25, 0.3) is 0 Å². The monoisotopic (exact) mass is 174 g/mol. The minimum Gasteiger partial charge on any atom is -0.366 e. The average molecular weight is 174 g/mol. The zero-order chi connectivity index (χ0) is 9.26. The second-order valence-corrected chi connectivity index (χ2v) is 2.52. The topological polar surface area (TPSA) is 81.8 Å². The maximum Gasteiger partial charge on any atom is 0.250 e. The Hall–Kier alpha value is -2.04. The van der Waals surface area contributed by atoms with Crippen LogP contribution in [-0.4, -0.2) is 20.9 Å². The molecule has 2 heterocycles. The van der Waals surface area contributed by atoms with E-state index in [2.05, 4.69) is 15.0 Å². The van der Waals surface area contributed by atoms with E-state index in [1.54, 1.807) is 12.3 Å². The molecule has 0 aromatic carbocycles. The van der Waals surface area contributed by atoms with Crippen molar-refractivity contribution < 1.29 is 4.79 Å². The average Bonchev–Trinajstić information content (AvgIpc) is 2.17. The molecule has 0 aliphatic carbocycles. The number of hydrogen-bond acceptors (Lipinski definition) is 4. The maximum absolute atomic E-state index is 10.8. The fraction of sp³-hybridized carbons (Fsp3) is 0. The molecule has 64 valence electrons. The molecule has 0 aliphatic rings. The van der Waals surface area contributed by atoms with E-state index >= 15 is 0 Å². The summed E-state index contributed by atoms with van der Waals surface area (Å²) in [5.74, 6) is -0.506. The summed E-state index contributed by atoms with van der Waals surface area (Å²) >= 11 is 0. The van der Waals surface area contributed by atoms with Crippen LogP contribution in [0.5, 0.6) is 0 Å². The van der Waals surface area contributed by atoms with Gasteiger partial charge in [-0.25, -0.2) is 9.97 Å². The molecule has 0 saturated carbocycles. The second kappa shape index (κ2) is 2.78. The molecule has 2 aromatic rings. The molecule has 0 saturated heterocycles. The molecular formula is C8H6N4O. The number of nitrogens with two attached hydrogens (primary N) is 1. The zero-order valence-electron chi connectivity index (χ0n) is 6.64. The van der Waals surface area contributed by atoms with Gasteiger partial charge < -0.3 is 5.73 Å². The molecule has 0 radical (unpaired) electrons. The van der Waals surface area contributed by atoms with Crippen LogP contribution in [0.2, 0.25) is 0 Å². The Labute approximate surface area is 73.6 Å². The van der Waals surface area contributed by atoms with Gasteiger partial charge in [0.2, 0.25) is 5.91 Å². The maximum atomic E-state index is 10.8. The highest BCUT2D eigenvalue weighted by atomic mass is 16.1. The number of fused-ring (bicyclic) bond motifs is 1. The molecule has 0 unspecified atom stereocenters. The Morgan fingerprint density at radius 3 is 2.85 bits per heavy atom. The lowest BCUT2D eigenvalue weighted by molar-refractivity contribution is 0.1000. The van der Waals surface area contributed by atoms with Crippen LogP contribution >= 0.6 is 0 Å². The van der Waals surface area contributed by atoms with E-state index < -0.39 is 5.91 Å². The molecule has 2 N–H and O–H groups in total. The first kappa shape index (κ1) is 7.60. The van der Waals surface area contributed by atoms with Crippen LogP contribution in [0.3, 0.4) is 0 Å². The number of rotatable bonds is 1. The Morgan fingerprint density at radius 1 is 1.23 bits per heavy atom. The molecule has 5 nitrogen and oxygen atoms in total. The molecule has 0 bridgehead atoms. The van der Waals surface area contributed by atoms with Gasteiger partial charge in [-0.3, -0.25) is 9.78 Å². The van der Waals surface area contributed by atoms with Crippen LogP contribution in [0, 0.1) is 0 Å². The highest BCUT2D eigenvalue weighted by Gasteiger charge is 2.02. The first-order valence-electron chi connectivity index (χ1n) is 3.63. The predicted octanol–water partition coefficient (Wildman–Crippen LogP) is 0.124. The Balaban J connectivity index is 2.69. The number of primary amides is 1.